The molecule has 3 aliphatic rings. The van der Waals surface area contributed by atoms with Crippen molar-refractivity contribution in [3.63, 3.8) is 0 Å². The highest BCUT2D eigenvalue weighted by Gasteiger charge is 2.39. The number of fused-ring (bicyclic) bond motifs is 6. The van der Waals surface area contributed by atoms with E-state index in [1.165, 1.54) is 16.8 Å². The lowest BCUT2D eigenvalue weighted by atomic mass is 9.79. The Morgan fingerprint density at radius 3 is 2.94 bits per heavy atom. The topological polar surface area (TPSA) is 12.4 Å². The third kappa shape index (κ3) is 0.981. The number of hydrogen-bond donors (Lipinski definition) is 0. The molecule has 0 saturated heterocycles. The highest BCUT2D eigenvalue weighted by atomic mass is 14.9. The van der Waals surface area contributed by atoms with Crippen LogP contribution < -0.4 is 0 Å². The minimum absolute atomic E-state index is 0.381. The van der Waals surface area contributed by atoms with Crippen LogP contribution in [0.1, 0.15) is 23.6 Å². The number of benzene rings is 1. The largest absolute Gasteiger partial charge is 0.280 e. The van der Waals surface area contributed by atoms with E-state index >= 15 is 0 Å². The molecule has 3 atom stereocenters. The summed E-state index contributed by atoms with van der Waals surface area (Å²) in [4.78, 5) is 4.88. The van der Waals surface area contributed by atoms with Crippen molar-refractivity contribution in [3.05, 3.63) is 59.7 Å². The predicted octanol–water partition coefficient (Wildman–Crippen LogP) is 3.29. The van der Waals surface area contributed by atoms with Crippen molar-refractivity contribution in [2.45, 2.75) is 12.5 Å². The van der Waals surface area contributed by atoms with Crippen LogP contribution in [0.4, 0.5) is 0 Å². The van der Waals surface area contributed by atoms with E-state index in [0.717, 1.165) is 6.42 Å². The molecule has 0 spiro atoms. The van der Waals surface area contributed by atoms with Crippen LogP contribution in [0.3, 0.4) is 0 Å². The van der Waals surface area contributed by atoms with Crippen LogP contribution in [0.5, 0.6) is 0 Å². The maximum absolute atomic E-state index is 4.88. The maximum atomic E-state index is 4.88. The zero-order chi connectivity index (χ0) is 10.5. The minimum atomic E-state index is 0.381. The van der Waals surface area contributed by atoms with Gasteiger partial charge in [0.15, 0.2) is 0 Å². The lowest BCUT2D eigenvalue weighted by Crippen LogP contribution is -2.22. The molecule has 4 rings (SSSR count). The molecule has 0 aromatic heterocycles. The molecule has 1 aliphatic carbocycles. The van der Waals surface area contributed by atoms with Crippen LogP contribution in [-0.2, 0) is 0 Å². The molecule has 2 heterocycles. The van der Waals surface area contributed by atoms with Crippen molar-refractivity contribution in [2.24, 2.45) is 16.8 Å². The van der Waals surface area contributed by atoms with Gasteiger partial charge in [-0.15, -0.1) is 0 Å². The summed E-state index contributed by atoms with van der Waals surface area (Å²) >= 11 is 0. The molecule has 78 valence electrons. The second-order valence-corrected chi connectivity index (χ2v) is 4.82. The van der Waals surface area contributed by atoms with E-state index in [9.17, 15) is 0 Å². The summed E-state index contributed by atoms with van der Waals surface area (Å²) in [6, 6.07) is 9.10. The first-order valence-corrected chi connectivity index (χ1v) is 5.94. The molecule has 0 amide bonds. The quantitative estimate of drug-likeness (QED) is 0.619. The smallest absolute Gasteiger partial charge is 0.0827 e. The molecule has 2 bridgehead atoms. The Hall–Kier alpha value is -1.63. The highest BCUT2D eigenvalue weighted by Crippen LogP contribution is 2.47. The number of rotatable bonds is 0. The van der Waals surface area contributed by atoms with Gasteiger partial charge in [0, 0.05) is 17.2 Å². The van der Waals surface area contributed by atoms with Crippen LogP contribution in [0, 0.1) is 11.8 Å². The molecular formula is C15H13N. The third-order valence-corrected chi connectivity index (χ3v) is 3.98. The monoisotopic (exact) mass is 207 g/mol. The van der Waals surface area contributed by atoms with Crippen LogP contribution >= 0.6 is 0 Å². The number of aliphatic imine (C=N–C) groups is 1. The van der Waals surface area contributed by atoms with Gasteiger partial charge >= 0.3 is 0 Å². The number of nitrogens with zero attached hydrogens (tertiary/aromatic N) is 1. The molecule has 1 nitrogen and oxygen atoms in total. The SMILES string of the molecule is C1=CC2CC3=NC(c4ccccc43)C2C=C1. The first-order valence-electron chi connectivity index (χ1n) is 5.94. The molecule has 1 aromatic carbocycles. The van der Waals surface area contributed by atoms with E-state index in [1.54, 1.807) is 0 Å². The molecule has 2 aliphatic heterocycles. The Labute approximate surface area is 95.2 Å². The first kappa shape index (κ1) is 8.51. The van der Waals surface area contributed by atoms with Crippen molar-refractivity contribution >= 4 is 5.71 Å². The number of hydrogen-bond acceptors (Lipinski definition) is 1. The lowest BCUT2D eigenvalue weighted by molar-refractivity contribution is 0.399. The van der Waals surface area contributed by atoms with E-state index < -0.39 is 0 Å². The summed E-state index contributed by atoms with van der Waals surface area (Å²) in [5.41, 5.74) is 4.15. The van der Waals surface area contributed by atoms with Crippen molar-refractivity contribution in [2.75, 3.05) is 0 Å². The van der Waals surface area contributed by atoms with Gasteiger partial charge < -0.3 is 0 Å². The molecule has 0 fully saturated rings. The summed E-state index contributed by atoms with van der Waals surface area (Å²) in [6.45, 7) is 0. The van der Waals surface area contributed by atoms with E-state index in [2.05, 4.69) is 48.6 Å². The molecule has 1 aromatic rings. The Morgan fingerprint density at radius 2 is 1.94 bits per heavy atom. The standard InChI is InChI=1S/C15H13N/c1-2-6-11-10(5-1)9-14-12-7-3-4-8-13(12)15(11)16-14/h1-8,10-11,15H,9H2. The summed E-state index contributed by atoms with van der Waals surface area (Å²) in [6.07, 6.45) is 10.1. The zero-order valence-electron chi connectivity index (χ0n) is 9.01. The molecule has 0 N–H and O–H groups in total. The van der Waals surface area contributed by atoms with Crippen molar-refractivity contribution in [3.8, 4) is 0 Å². The molecule has 0 radical (unpaired) electrons. The highest BCUT2D eigenvalue weighted by molar-refractivity contribution is 6.05. The van der Waals surface area contributed by atoms with Gasteiger partial charge in [0.2, 0.25) is 0 Å². The molecule has 3 unspecified atom stereocenters. The maximum Gasteiger partial charge on any atom is 0.0827 e. The summed E-state index contributed by atoms with van der Waals surface area (Å²) in [7, 11) is 0. The van der Waals surface area contributed by atoms with Gasteiger partial charge in [-0.1, -0.05) is 48.6 Å². The Bertz CT molecular complexity index is 536. The van der Waals surface area contributed by atoms with E-state index in [1.807, 2.05) is 0 Å². The fraction of sp³-hybridized carbons (Fsp3) is 0.267. The zero-order valence-corrected chi connectivity index (χ0v) is 9.01. The van der Waals surface area contributed by atoms with Gasteiger partial charge in [-0.2, -0.15) is 0 Å². The van der Waals surface area contributed by atoms with Crippen molar-refractivity contribution in [1.82, 2.24) is 0 Å². The van der Waals surface area contributed by atoms with Gasteiger partial charge in [-0.3, -0.25) is 4.99 Å². The second-order valence-electron chi connectivity index (χ2n) is 4.82. The molecular weight excluding hydrogens is 194 g/mol. The fourth-order valence-electron chi connectivity index (χ4n) is 3.22. The van der Waals surface area contributed by atoms with E-state index in [-0.39, 0.29) is 0 Å². The summed E-state index contributed by atoms with van der Waals surface area (Å²) in [5.74, 6) is 1.24. The van der Waals surface area contributed by atoms with Crippen molar-refractivity contribution < 1.29 is 0 Å². The van der Waals surface area contributed by atoms with Gasteiger partial charge in [0.1, 0.15) is 0 Å². The normalized spacial score (nSPS) is 33.2. The van der Waals surface area contributed by atoms with Gasteiger partial charge in [-0.05, 0) is 17.9 Å². The van der Waals surface area contributed by atoms with Crippen molar-refractivity contribution in [1.29, 1.82) is 0 Å². The summed E-state index contributed by atoms with van der Waals surface area (Å²) < 4.78 is 0. The van der Waals surface area contributed by atoms with Gasteiger partial charge in [0.25, 0.3) is 0 Å². The lowest BCUT2D eigenvalue weighted by Gasteiger charge is -2.29. The Kier molecular flexibility index (Phi) is 1.57. The van der Waals surface area contributed by atoms with E-state index in [4.69, 9.17) is 4.99 Å². The van der Waals surface area contributed by atoms with Crippen LogP contribution in [0.15, 0.2) is 53.6 Å². The van der Waals surface area contributed by atoms with Gasteiger partial charge in [-0.25, -0.2) is 0 Å². The fourth-order valence-corrected chi connectivity index (χ4v) is 3.22. The third-order valence-electron chi connectivity index (χ3n) is 3.98. The minimum Gasteiger partial charge on any atom is -0.280 e. The van der Waals surface area contributed by atoms with Gasteiger partial charge in [0.05, 0.1) is 6.04 Å². The average molecular weight is 207 g/mol. The molecule has 0 saturated carbocycles. The first-order chi connectivity index (χ1) is 7.93. The predicted molar refractivity (Wildman–Crippen MR) is 65.6 cm³/mol. The Morgan fingerprint density at radius 1 is 1.06 bits per heavy atom. The number of allylic oxidation sites excluding steroid dienone is 3. The van der Waals surface area contributed by atoms with E-state index in [0.29, 0.717) is 17.9 Å². The average Bonchev–Trinajstić information content (AvgIpc) is 2.65. The van der Waals surface area contributed by atoms with Crippen LogP contribution in [-0.4, -0.2) is 5.71 Å². The second kappa shape index (κ2) is 2.94. The molecule has 1 heteroatoms. The Balaban J connectivity index is 1.89. The van der Waals surface area contributed by atoms with Crippen LogP contribution in [0.2, 0.25) is 0 Å². The molecule has 16 heavy (non-hydrogen) atoms. The van der Waals surface area contributed by atoms with Crippen LogP contribution in [0.25, 0.3) is 0 Å². The summed E-state index contributed by atoms with van der Waals surface area (Å²) in [5, 5.41) is 0.